The molecule has 168 valence electrons. The highest BCUT2D eigenvalue weighted by molar-refractivity contribution is 5.98. The van der Waals surface area contributed by atoms with E-state index < -0.39 is 17.7 Å². The SMILES string of the molecule is CC(=O)OC(C)(Oc1cccc(C(=N)N)c1)C(=O)Nc1ccc(N2CCCCC2=O)cc1. The summed E-state index contributed by atoms with van der Waals surface area (Å²) in [4.78, 5) is 38.5. The molecule has 0 aliphatic carbocycles. The summed E-state index contributed by atoms with van der Waals surface area (Å²) in [7, 11) is 0. The third-order valence-electron chi connectivity index (χ3n) is 4.97. The van der Waals surface area contributed by atoms with E-state index in [1.54, 1.807) is 47.4 Å². The Morgan fingerprint density at radius 3 is 2.50 bits per heavy atom. The third kappa shape index (κ3) is 5.42. The largest absolute Gasteiger partial charge is 0.444 e. The topological polar surface area (TPSA) is 135 Å². The van der Waals surface area contributed by atoms with Crippen LogP contribution in [0, 0.1) is 5.41 Å². The summed E-state index contributed by atoms with van der Waals surface area (Å²) in [5.41, 5.74) is 7.11. The van der Waals surface area contributed by atoms with Gasteiger partial charge in [-0.1, -0.05) is 12.1 Å². The van der Waals surface area contributed by atoms with Gasteiger partial charge < -0.3 is 25.4 Å². The molecule has 3 rings (SSSR count). The lowest BCUT2D eigenvalue weighted by molar-refractivity contribution is -0.193. The minimum Gasteiger partial charge on any atom is -0.444 e. The lowest BCUT2D eigenvalue weighted by Crippen LogP contribution is -2.49. The lowest BCUT2D eigenvalue weighted by Gasteiger charge is -2.29. The van der Waals surface area contributed by atoms with Gasteiger partial charge in [-0.25, -0.2) is 0 Å². The van der Waals surface area contributed by atoms with Crippen molar-refractivity contribution in [2.75, 3.05) is 16.8 Å². The maximum absolute atomic E-state index is 13.0. The highest BCUT2D eigenvalue weighted by Gasteiger charge is 2.40. The van der Waals surface area contributed by atoms with Gasteiger partial charge in [0, 0.05) is 43.8 Å². The molecule has 1 aliphatic rings. The fourth-order valence-corrected chi connectivity index (χ4v) is 3.39. The fourth-order valence-electron chi connectivity index (χ4n) is 3.39. The molecule has 1 atom stereocenters. The molecule has 1 fully saturated rings. The predicted molar refractivity (Wildman–Crippen MR) is 120 cm³/mol. The molecule has 0 spiro atoms. The first-order chi connectivity index (χ1) is 15.2. The van der Waals surface area contributed by atoms with E-state index in [9.17, 15) is 14.4 Å². The van der Waals surface area contributed by atoms with Gasteiger partial charge in [-0.2, -0.15) is 0 Å². The molecule has 0 radical (unpaired) electrons. The monoisotopic (exact) mass is 438 g/mol. The van der Waals surface area contributed by atoms with E-state index in [1.165, 1.54) is 19.9 Å². The van der Waals surface area contributed by atoms with Crippen LogP contribution >= 0.6 is 0 Å². The molecular weight excluding hydrogens is 412 g/mol. The van der Waals surface area contributed by atoms with Gasteiger partial charge in [0.2, 0.25) is 5.91 Å². The van der Waals surface area contributed by atoms with Gasteiger partial charge in [0.1, 0.15) is 11.6 Å². The standard InChI is InChI=1S/C23H26N4O5/c1-15(28)31-23(2,32-19-7-5-6-16(14-19)21(24)25)22(30)26-17-9-11-18(12-10-17)27-13-4-3-8-20(27)29/h5-7,9-12,14H,3-4,8,13H2,1-2H3,(H3,24,25)(H,26,30). The number of amidine groups is 1. The summed E-state index contributed by atoms with van der Waals surface area (Å²) in [5, 5.41) is 10.2. The van der Waals surface area contributed by atoms with E-state index in [1.807, 2.05) is 0 Å². The molecule has 1 unspecified atom stereocenters. The fraction of sp³-hybridized carbons (Fsp3) is 0.304. The smallest absolute Gasteiger partial charge is 0.331 e. The zero-order valence-corrected chi connectivity index (χ0v) is 18.0. The molecule has 0 aromatic heterocycles. The molecular formula is C23H26N4O5. The second-order valence-corrected chi connectivity index (χ2v) is 7.59. The van der Waals surface area contributed by atoms with Crippen molar-refractivity contribution in [3.63, 3.8) is 0 Å². The summed E-state index contributed by atoms with van der Waals surface area (Å²) in [5.74, 6) is -3.26. The quantitative estimate of drug-likeness (QED) is 0.263. The predicted octanol–water partition coefficient (Wildman–Crippen LogP) is 2.78. The number of nitrogens with one attached hydrogen (secondary N) is 2. The molecule has 1 heterocycles. The van der Waals surface area contributed by atoms with Gasteiger partial charge in [-0.05, 0) is 49.2 Å². The normalized spacial score (nSPS) is 15.4. The molecule has 32 heavy (non-hydrogen) atoms. The van der Waals surface area contributed by atoms with Gasteiger partial charge in [0.05, 0.1) is 0 Å². The van der Waals surface area contributed by atoms with Gasteiger partial charge in [0.25, 0.3) is 0 Å². The van der Waals surface area contributed by atoms with Crippen molar-refractivity contribution in [1.82, 2.24) is 0 Å². The minimum absolute atomic E-state index is 0.0802. The number of ether oxygens (including phenoxy) is 2. The second-order valence-electron chi connectivity index (χ2n) is 7.59. The Morgan fingerprint density at radius 2 is 1.88 bits per heavy atom. The number of rotatable bonds is 7. The molecule has 9 nitrogen and oxygen atoms in total. The Balaban J connectivity index is 1.77. The maximum Gasteiger partial charge on any atom is 0.331 e. The number of amides is 2. The number of nitrogens with zero attached hydrogens (tertiary/aromatic N) is 1. The van der Waals surface area contributed by atoms with Crippen molar-refractivity contribution in [3.8, 4) is 5.75 Å². The summed E-state index contributed by atoms with van der Waals surface area (Å²) < 4.78 is 10.9. The molecule has 4 N–H and O–H groups in total. The average molecular weight is 438 g/mol. The molecule has 2 aromatic carbocycles. The molecule has 9 heteroatoms. The first kappa shape index (κ1) is 22.8. The van der Waals surface area contributed by atoms with E-state index in [-0.39, 0.29) is 17.5 Å². The van der Waals surface area contributed by atoms with Crippen LogP contribution in [0.25, 0.3) is 0 Å². The number of carbonyl (C=O) groups is 3. The maximum atomic E-state index is 13.0. The van der Waals surface area contributed by atoms with Crippen LogP contribution in [0.5, 0.6) is 5.75 Å². The zero-order valence-electron chi connectivity index (χ0n) is 18.0. The van der Waals surface area contributed by atoms with Crippen LogP contribution in [-0.2, 0) is 19.1 Å². The number of carbonyl (C=O) groups excluding carboxylic acids is 3. The van der Waals surface area contributed by atoms with Crippen LogP contribution in [-0.4, -0.2) is 36.0 Å². The zero-order chi connectivity index (χ0) is 23.3. The Bertz CT molecular complexity index is 1040. The number of esters is 1. The van der Waals surface area contributed by atoms with Crippen LogP contribution in [0.15, 0.2) is 48.5 Å². The summed E-state index contributed by atoms with van der Waals surface area (Å²) >= 11 is 0. The molecule has 0 bridgehead atoms. The second kappa shape index (κ2) is 9.51. The summed E-state index contributed by atoms with van der Waals surface area (Å²) in [6, 6.07) is 13.1. The number of anilines is 2. The summed E-state index contributed by atoms with van der Waals surface area (Å²) in [6.07, 6.45) is 2.38. The van der Waals surface area contributed by atoms with Crippen molar-refractivity contribution < 1.29 is 23.9 Å². The lowest BCUT2D eigenvalue weighted by atomic mass is 10.1. The third-order valence-corrected chi connectivity index (χ3v) is 4.97. The first-order valence-electron chi connectivity index (χ1n) is 10.2. The van der Waals surface area contributed by atoms with Crippen molar-refractivity contribution in [2.45, 2.75) is 38.9 Å². The summed E-state index contributed by atoms with van der Waals surface area (Å²) in [6.45, 7) is 3.17. The molecule has 0 saturated carbocycles. The van der Waals surface area contributed by atoms with Crippen molar-refractivity contribution in [2.24, 2.45) is 5.73 Å². The molecule has 1 saturated heterocycles. The van der Waals surface area contributed by atoms with E-state index >= 15 is 0 Å². The van der Waals surface area contributed by atoms with Gasteiger partial charge in [-0.3, -0.25) is 19.8 Å². The Morgan fingerprint density at radius 1 is 1.16 bits per heavy atom. The molecule has 2 aromatic rings. The highest BCUT2D eigenvalue weighted by atomic mass is 16.7. The van der Waals surface area contributed by atoms with Crippen LogP contribution in [0.1, 0.15) is 38.7 Å². The van der Waals surface area contributed by atoms with Gasteiger partial charge in [0.15, 0.2) is 0 Å². The Kier molecular flexibility index (Phi) is 6.77. The number of benzene rings is 2. The molecule has 2 amide bonds. The Labute approximate surface area is 186 Å². The first-order valence-corrected chi connectivity index (χ1v) is 10.2. The van der Waals surface area contributed by atoms with Crippen LogP contribution in [0.4, 0.5) is 11.4 Å². The van der Waals surface area contributed by atoms with Gasteiger partial charge in [-0.15, -0.1) is 0 Å². The number of hydrogen-bond donors (Lipinski definition) is 3. The molecule has 1 aliphatic heterocycles. The van der Waals surface area contributed by atoms with Crippen LogP contribution in [0.3, 0.4) is 0 Å². The van der Waals surface area contributed by atoms with E-state index in [4.69, 9.17) is 20.6 Å². The number of nitrogen functional groups attached to an aromatic ring is 1. The average Bonchev–Trinajstić information content (AvgIpc) is 2.74. The van der Waals surface area contributed by atoms with Crippen LogP contribution < -0.4 is 20.7 Å². The van der Waals surface area contributed by atoms with Crippen LogP contribution in [0.2, 0.25) is 0 Å². The highest BCUT2D eigenvalue weighted by Crippen LogP contribution is 2.25. The van der Waals surface area contributed by atoms with E-state index in [0.717, 1.165) is 18.5 Å². The van der Waals surface area contributed by atoms with Crippen molar-refractivity contribution in [1.29, 1.82) is 5.41 Å². The Hall–Kier alpha value is -3.88. The van der Waals surface area contributed by atoms with Gasteiger partial charge >= 0.3 is 17.7 Å². The minimum atomic E-state index is -1.97. The number of nitrogens with two attached hydrogens (primary N) is 1. The number of hydrogen-bond acceptors (Lipinski definition) is 6. The number of piperidine rings is 1. The van der Waals surface area contributed by atoms with E-state index in [0.29, 0.717) is 24.2 Å². The van der Waals surface area contributed by atoms with Crippen molar-refractivity contribution in [3.05, 3.63) is 54.1 Å². The van der Waals surface area contributed by atoms with E-state index in [2.05, 4.69) is 5.32 Å². The van der Waals surface area contributed by atoms with Crippen molar-refractivity contribution >= 4 is 35.0 Å².